The van der Waals surface area contributed by atoms with Crippen LogP contribution in [-0.4, -0.2) is 22.1 Å². The number of hydrogen-bond acceptors (Lipinski definition) is 2. The monoisotopic (exact) mass is 257 g/mol. The summed E-state index contributed by atoms with van der Waals surface area (Å²) in [6, 6.07) is 0. The quantitative estimate of drug-likeness (QED) is 0.640. The second-order valence-electron chi connectivity index (χ2n) is 7.16. The molecule has 0 aromatic carbocycles. The Morgan fingerprint density at radius 2 is 1.53 bits per heavy atom. The van der Waals surface area contributed by atoms with Gasteiger partial charge in [-0.1, -0.05) is 46.1 Å². The third-order valence-corrected chi connectivity index (χ3v) is 5.40. The van der Waals surface area contributed by atoms with E-state index in [1.807, 2.05) is 0 Å². The molecular formula is C15H31NS. The van der Waals surface area contributed by atoms with Crippen molar-refractivity contribution in [2.45, 2.75) is 72.0 Å². The van der Waals surface area contributed by atoms with E-state index in [2.05, 4.69) is 57.8 Å². The van der Waals surface area contributed by atoms with Gasteiger partial charge in [0.2, 0.25) is 0 Å². The third kappa shape index (κ3) is 5.21. The second kappa shape index (κ2) is 5.97. The molecule has 0 atom stereocenters. The Bertz CT molecular complexity index is 227. The fourth-order valence-corrected chi connectivity index (χ4v) is 4.22. The molecule has 0 aliphatic carbocycles. The van der Waals surface area contributed by atoms with Crippen LogP contribution >= 0.6 is 11.9 Å². The fraction of sp³-hybridized carbons (Fsp3) is 1.00. The number of rotatable bonds is 5. The molecular weight excluding hydrogens is 226 g/mol. The van der Waals surface area contributed by atoms with Gasteiger partial charge in [0.1, 0.15) is 0 Å². The minimum atomic E-state index is 0.366. The molecule has 0 aromatic heterocycles. The van der Waals surface area contributed by atoms with Crippen LogP contribution in [0.25, 0.3) is 0 Å². The lowest BCUT2D eigenvalue weighted by Crippen LogP contribution is -2.34. The molecule has 1 fully saturated rings. The van der Waals surface area contributed by atoms with Crippen molar-refractivity contribution in [1.82, 2.24) is 4.31 Å². The van der Waals surface area contributed by atoms with Gasteiger partial charge in [0, 0.05) is 17.8 Å². The Kier molecular flexibility index (Phi) is 5.39. The SMILES string of the molecule is CC(C)C(C)(C)CC(C)(C)SN1CCCCC1. The van der Waals surface area contributed by atoms with E-state index in [4.69, 9.17) is 0 Å². The normalized spacial score (nSPS) is 19.9. The minimum absolute atomic E-state index is 0.366. The van der Waals surface area contributed by atoms with E-state index in [1.54, 1.807) is 0 Å². The zero-order chi connectivity index (χ0) is 13.1. The van der Waals surface area contributed by atoms with Crippen molar-refractivity contribution < 1.29 is 0 Å². The molecule has 1 rings (SSSR count). The molecule has 1 heterocycles. The Labute approximate surface area is 113 Å². The summed E-state index contributed by atoms with van der Waals surface area (Å²) in [5.74, 6) is 0.753. The highest BCUT2D eigenvalue weighted by atomic mass is 32.2. The van der Waals surface area contributed by atoms with E-state index in [0.717, 1.165) is 5.92 Å². The van der Waals surface area contributed by atoms with Crippen LogP contribution in [0.15, 0.2) is 0 Å². The van der Waals surface area contributed by atoms with Crippen LogP contribution in [-0.2, 0) is 0 Å². The molecule has 0 spiro atoms. The molecule has 1 aliphatic rings. The van der Waals surface area contributed by atoms with Gasteiger partial charge in [-0.2, -0.15) is 0 Å². The smallest absolute Gasteiger partial charge is 0.0256 e. The molecule has 1 aliphatic heterocycles. The van der Waals surface area contributed by atoms with Crippen molar-refractivity contribution in [3.8, 4) is 0 Å². The molecule has 102 valence electrons. The van der Waals surface area contributed by atoms with Gasteiger partial charge >= 0.3 is 0 Å². The fourth-order valence-electron chi connectivity index (χ4n) is 2.64. The van der Waals surface area contributed by atoms with E-state index in [1.165, 1.54) is 38.8 Å². The molecule has 0 amide bonds. The van der Waals surface area contributed by atoms with E-state index in [-0.39, 0.29) is 0 Å². The molecule has 0 aromatic rings. The average Bonchev–Trinajstić information content (AvgIpc) is 2.16. The van der Waals surface area contributed by atoms with Crippen molar-refractivity contribution in [2.24, 2.45) is 11.3 Å². The van der Waals surface area contributed by atoms with Crippen molar-refractivity contribution in [3.05, 3.63) is 0 Å². The lowest BCUT2D eigenvalue weighted by molar-refractivity contribution is 0.208. The molecule has 17 heavy (non-hydrogen) atoms. The van der Waals surface area contributed by atoms with Gasteiger partial charge in [-0.05, 0) is 44.4 Å². The predicted octanol–water partition coefficient (Wildman–Crippen LogP) is 4.97. The van der Waals surface area contributed by atoms with Gasteiger partial charge in [-0.25, -0.2) is 0 Å². The van der Waals surface area contributed by atoms with Gasteiger partial charge in [0.25, 0.3) is 0 Å². The van der Waals surface area contributed by atoms with Gasteiger partial charge in [-0.3, -0.25) is 4.31 Å². The Morgan fingerprint density at radius 1 is 1.00 bits per heavy atom. The molecule has 1 saturated heterocycles. The Balaban J connectivity index is 2.49. The summed E-state index contributed by atoms with van der Waals surface area (Å²) in [5, 5.41) is 0. The zero-order valence-corrected chi connectivity index (χ0v) is 13.5. The third-order valence-electron chi connectivity index (χ3n) is 4.14. The summed E-state index contributed by atoms with van der Waals surface area (Å²) in [7, 11) is 0. The van der Waals surface area contributed by atoms with Gasteiger partial charge in [0.15, 0.2) is 0 Å². The molecule has 0 bridgehead atoms. The highest BCUT2D eigenvalue weighted by molar-refractivity contribution is 7.98. The first-order valence-electron chi connectivity index (χ1n) is 7.17. The summed E-state index contributed by atoms with van der Waals surface area (Å²) >= 11 is 2.10. The number of hydrogen-bond donors (Lipinski definition) is 0. The summed E-state index contributed by atoms with van der Waals surface area (Å²) in [4.78, 5) is 0. The van der Waals surface area contributed by atoms with E-state index < -0.39 is 0 Å². The second-order valence-corrected chi connectivity index (χ2v) is 8.96. The van der Waals surface area contributed by atoms with Crippen LogP contribution in [0.4, 0.5) is 0 Å². The molecule has 0 saturated carbocycles. The van der Waals surface area contributed by atoms with Crippen LogP contribution in [0.2, 0.25) is 0 Å². The van der Waals surface area contributed by atoms with Gasteiger partial charge in [-0.15, -0.1) is 0 Å². The summed E-state index contributed by atoms with van der Waals surface area (Å²) in [5.41, 5.74) is 0.437. The van der Waals surface area contributed by atoms with Gasteiger partial charge < -0.3 is 0 Å². The lowest BCUT2D eigenvalue weighted by Gasteiger charge is -2.40. The maximum Gasteiger partial charge on any atom is 0.0256 e. The molecule has 2 heteroatoms. The van der Waals surface area contributed by atoms with Crippen molar-refractivity contribution in [2.75, 3.05) is 13.1 Å². The maximum atomic E-state index is 2.60. The molecule has 0 N–H and O–H groups in total. The first-order valence-corrected chi connectivity index (χ1v) is 7.94. The topological polar surface area (TPSA) is 3.24 Å². The lowest BCUT2D eigenvalue weighted by atomic mass is 9.75. The van der Waals surface area contributed by atoms with Crippen LogP contribution in [0.5, 0.6) is 0 Å². The molecule has 0 radical (unpaired) electrons. The van der Waals surface area contributed by atoms with Crippen LogP contribution in [0, 0.1) is 11.3 Å². The molecule has 1 nitrogen and oxygen atoms in total. The zero-order valence-electron chi connectivity index (χ0n) is 12.7. The summed E-state index contributed by atoms with van der Waals surface area (Å²) < 4.78 is 2.96. The van der Waals surface area contributed by atoms with Crippen molar-refractivity contribution >= 4 is 11.9 Å². The summed E-state index contributed by atoms with van der Waals surface area (Å²) in [6.45, 7) is 16.9. The predicted molar refractivity (Wildman–Crippen MR) is 80.3 cm³/mol. The van der Waals surface area contributed by atoms with E-state index in [0.29, 0.717) is 10.2 Å². The standard InChI is InChI=1S/C15H31NS/c1-13(2)14(3,4)12-15(5,6)17-16-10-8-7-9-11-16/h13H,7-12H2,1-6H3. The van der Waals surface area contributed by atoms with Crippen LogP contribution in [0.1, 0.15) is 67.2 Å². The van der Waals surface area contributed by atoms with Crippen LogP contribution in [0.3, 0.4) is 0 Å². The van der Waals surface area contributed by atoms with Gasteiger partial charge in [0.05, 0.1) is 0 Å². The highest BCUT2D eigenvalue weighted by Gasteiger charge is 2.33. The largest absolute Gasteiger partial charge is 0.250 e. The average molecular weight is 257 g/mol. The molecule has 0 unspecified atom stereocenters. The first-order chi connectivity index (χ1) is 7.73. The first kappa shape index (κ1) is 15.4. The number of piperidine rings is 1. The van der Waals surface area contributed by atoms with Crippen molar-refractivity contribution in [3.63, 3.8) is 0 Å². The summed E-state index contributed by atoms with van der Waals surface area (Å²) in [6.07, 6.45) is 5.49. The van der Waals surface area contributed by atoms with Crippen LogP contribution < -0.4 is 0 Å². The Morgan fingerprint density at radius 3 is 2.00 bits per heavy atom. The van der Waals surface area contributed by atoms with Crippen molar-refractivity contribution in [1.29, 1.82) is 0 Å². The number of nitrogens with zero attached hydrogens (tertiary/aromatic N) is 1. The highest BCUT2D eigenvalue weighted by Crippen LogP contribution is 2.42. The van der Waals surface area contributed by atoms with E-state index >= 15 is 0 Å². The minimum Gasteiger partial charge on any atom is -0.250 e. The maximum absolute atomic E-state index is 2.60. The Hall–Kier alpha value is 0.310. The van der Waals surface area contributed by atoms with E-state index in [9.17, 15) is 0 Å².